The van der Waals surface area contributed by atoms with Gasteiger partial charge in [0.1, 0.15) is 35.0 Å². The van der Waals surface area contributed by atoms with Crippen molar-refractivity contribution in [1.29, 1.82) is 0 Å². The van der Waals surface area contributed by atoms with Crippen LogP contribution < -0.4 is 14.5 Å². The maximum Gasteiger partial charge on any atom is 0.434 e. The maximum atomic E-state index is 15.2. The number of halogens is 5. The number of hydrogen-bond acceptors (Lipinski definition) is 8. The number of imidazole rings is 1. The molecule has 0 unspecified atom stereocenters. The van der Waals surface area contributed by atoms with Gasteiger partial charge < -0.3 is 19.1 Å². The van der Waals surface area contributed by atoms with Crippen LogP contribution in [-0.4, -0.2) is 56.1 Å². The van der Waals surface area contributed by atoms with Crippen molar-refractivity contribution in [1.82, 2.24) is 29.5 Å². The highest BCUT2D eigenvalue weighted by atomic mass is 19.4. The molecule has 0 atom stereocenters. The van der Waals surface area contributed by atoms with E-state index in [2.05, 4.69) is 19.9 Å². The number of fused-ring (bicyclic) bond motifs is 1. The van der Waals surface area contributed by atoms with Crippen molar-refractivity contribution in [2.45, 2.75) is 31.5 Å². The molecule has 218 valence electrons. The Morgan fingerprint density at radius 2 is 1.74 bits per heavy atom. The van der Waals surface area contributed by atoms with Crippen LogP contribution in [0.15, 0.2) is 30.9 Å². The van der Waals surface area contributed by atoms with Crippen molar-refractivity contribution < 1.29 is 31.5 Å². The number of nitrogens with zero attached hydrogens (tertiary/aromatic N) is 8. The van der Waals surface area contributed by atoms with Gasteiger partial charge in [0.05, 0.1) is 31.1 Å². The average molecular weight is 587 g/mol. The molecular weight excluding hydrogens is 563 g/mol. The predicted octanol–water partition coefficient (Wildman–Crippen LogP) is 4.50. The fraction of sp³-hybridized carbons (Fsp3) is 0.333. The zero-order valence-electron chi connectivity index (χ0n) is 22.6. The Hall–Kier alpha value is -4.69. The van der Waals surface area contributed by atoms with Gasteiger partial charge in [0, 0.05) is 32.8 Å². The van der Waals surface area contributed by atoms with E-state index in [0.29, 0.717) is 29.1 Å². The first-order chi connectivity index (χ1) is 20.0. The number of carbonyl (C=O) groups excluding carboxylic acids is 1. The van der Waals surface area contributed by atoms with Gasteiger partial charge in [-0.05, 0) is 30.5 Å². The van der Waals surface area contributed by atoms with Crippen molar-refractivity contribution >= 4 is 17.4 Å². The van der Waals surface area contributed by atoms with Gasteiger partial charge in [-0.25, -0.2) is 33.7 Å². The second kappa shape index (κ2) is 9.99. The molecule has 15 heteroatoms. The fourth-order valence-electron chi connectivity index (χ4n) is 4.97. The number of alkyl halides is 3. The zero-order valence-corrected chi connectivity index (χ0v) is 22.6. The first kappa shape index (κ1) is 27.5. The highest BCUT2D eigenvalue weighted by Gasteiger charge is 2.36. The van der Waals surface area contributed by atoms with E-state index in [1.54, 1.807) is 11.9 Å². The summed E-state index contributed by atoms with van der Waals surface area (Å²) in [5.41, 5.74) is -0.183. The Morgan fingerprint density at radius 3 is 2.36 bits per heavy atom. The molecule has 1 aliphatic heterocycles. The summed E-state index contributed by atoms with van der Waals surface area (Å²) in [6.45, 7) is -0.291. The maximum absolute atomic E-state index is 15.2. The van der Waals surface area contributed by atoms with Gasteiger partial charge in [-0.3, -0.25) is 4.79 Å². The van der Waals surface area contributed by atoms with Gasteiger partial charge in [-0.1, -0.05) is 0 Å². The highest BCUT2D eigenvalue weighted by molar-refractivity contribution is 6.02. The van der Waals surface area contributed by atoms with Crippen LogP contribution in [0.2, 0.25) is 0 Å². The number of rotatable bonds is 6. The summed E-state index contributed by atoms with van der Waals surface area (Å²) in [5, 5.41) is 0. The van der Waals surface area contributed by atoms with Crippen molar-refractivity contribution in [3.63, 3.8) is 0 Å². The molecule has 0 N–H and O–H groups in total. The molecule has 1 aliphatic carbocycles. The second-order valence-electron chi connectivity index (χ2n) is 10.1. The second-order valence-corrected chi connectivity index (χ2v) is 10.1. The van der Waals surface area contributed by atoms with E-state index in [1.807, 2.05) is 0 Å². The molecule has 6 rings (SSSR count). The number of anilines is 2. The van der Waals surface area contributed by atoms with Crippen LogP contribution in [0.1, 0.15) is 35.7 Å². The molecule has 4 aromatic rings. The van der Waals surface area contributed by atoms with Crippen LogP contribution in [-0.2, 0) is 24.6 Å². The summed E-state index contributed by atoms with van der Waals surface area (Å²) in [6, 6.07) is 2.01. The molecule has 0 spiro atoms. The number of methoxy groups -OCH3 is 1. The fourth-order valence-corrected chi connectivity index (χ4v) is 4.97. The number of carbonyl (C=O) groups is 1. The summed E-state index contributed by atoms with van der Waals surface area (Å²) in [5.74, 6) is -1.90. The zero-order chi connectivity index (χ0) is 29.9. The minimum atomic E-state index is -4.78. The number of ether oxygens (including phenoxy) is 1. The Kier molecular flexibility index (Phi) is 6.54. The summed E-state index contributed by atoms with van der Waals surface area (Å²) >= 11 is 0. The summed E-state index contributed by atoms with van der Waals surface area (Å²) in [7, 11) is 4.26. The minimum absolute atomic E-state index is 0.127. The van der Waals surface area contributed by atoms with E-state index in [1.165, 1.54) is 31.6 Å². The normalized spacial score (nSPS) is 15.3. The van der Waals surface area contributed by atoms with Gasteiger partial charge in [0.2, 0.25) is 11.8 Å². The van der Waals surface area contributed by atoms with Crippen LogP contribution in [0.4, 0.5) is 33.5 Å². The van der Waals surface area contributed by atoms with Gasteiger partial charge in [-0.15, -0.1) is 0 Å². The number of benzene rings is 1. The topological polar surface area (TPSA) is 102 Å². The molecule has 42 heavy (non-hydrogen) atoms. The number of aromatic nitrogens is 6. The third-order valence-corrected chi connectivity index (χ3v) is 7.20. The molecule has 0 saturated heterocycles. The van der Waals surface area contributed by atoms with Crippen molar-refractivity contribution in [2.24, 2.45) is 7.05 Å². The largest absolute Gasteiger partial charge is 0.480 e. The molecule has 1 amide bonds. The van der Waals surface area contributed by atoms with Crippen LogP contribution in [0.25, 0.3) is 22.8 Å². The SMILES string of the molecule is COc1ncnc(C2CC2)c1-c1ncc2c(n1)N(Cc1cc(F)c(-c3nc(C(F)(F)F)cn3C)c(F)c1)CC(=O)N2C. The standard InChI is InChI=1S/C27H23F5N8O2/c1-38-10-18(27(30,31)32)36-25(38)20-15(28)6-13(7-16(20)29)9-40-11-19(41)39(2)17-8-33-23(37-24(17)40)21-22(14-4-5-14)34-12-35-26(21)42-3/h6-8,10,12,14H,4-5,9,11H2,1-3H3. The lowest BCUT2D eigenvalue weighted by molar-refractivity contribution is -0.140. The molecule has 3 aromatic heterocycles. The van der Waals surface area contributed by atoms with Crippen LogP contribution >= 0.6 is 0 Å². The molecule has 2 aliphatic rings. The molecular formula is C27H23F5N8O2. The Labute approximate surface area is 235 Å². The van der Waals surface area contributed by atoms with Gasteiger partial charge in [-0.2, -0.15) is 13.2 Å². The Balaban J connectivity index is 1.38. The van der Waals surface area contributed by atoms with Gasteiger partial charge in [0.15, 0.2) is 17.3 Å². The molecule has 1 aromatic carbocycles. The molecule has 10 nitrogen and oxygen atoms in total. The average Bonchev–Trinajstić information content (AvgIpc) is 3.72. The lowest BCUT2D eigenvalue weighted by Gasteiger charge is -2.34. The van der Waals surface area contributed by atoms with E-state index < -0.39 is 34.9 Å². The number of hydrogen-bond donors (Lipinski definition) is 0. The quantitative estimate of drug-likeness (QED) is 0.305. The van der Waals surface area contributed by atoms with E-state index in [-0.39, 0.29) is 36.3 Å². The third-order valence-electron chi connectivity index (χ3n) is 7.20. The van der Waals surface area contributed by atoms with Gasteiger partial charge >= 0.3 is 6.18 Å². The number of likely N-dealkylation sites (N-methyl/N-ethyl adjacent to an activating group) is 1. The van der Waals surface area contributed by atoms with E-state index in [4.69, 9.17) is 9.72 Å². The molecule has 1 saturated carbocycles. The smallest absolute Gasteiger partial charge is 0.434 e. The Morgan fingerprint density at radius 1 is 1.02 bits per heavy atom. The van der Waals surface area contributed by atoms with Crippen molar-refractivity contribution in [3.05, 3.63) is 59.4 Å². The predicted molar refractivity (Wildman–Crippen MR) is 140 cm³/mol. The molecule has 0 bridgehead atoms. The summed E-state index contributed by atoms with van der Waals surface area (Å²) < 4.78 is 76.2. The number of aryl methyl sites for hydroxylation is 1. The number of amides is 1. The first-order valence-electron chi connectivity index (χ1n) is 12.8. The third kappa shape index (κ3) is 4.77. The lowest BCUT2D eigenvalue weighted by Crippen LogP contribution is -2.44. The van der Waals surface area contributed by atoms with E-state index >= 15 is 8.78 Å². The highest BCUT2D eigenvalue weighted by Crippen LogP contribution is 2.45. The monoisotopic (exact) mass is 586 g/mol. The van der Waals surface area contributed by atoms with E-state index in [9.17, 15) is 18.0 Å². The summed E-state index contributed by atoms with van der Waals surface area (Å²) in [6.07, 6.45) is 0.672. The van der Waals surface area contributed by atoms with Crippen molar-refractivity contribution in [3.8, 4) is 28.7 Å². The molecule has 4 heterocycles. The minimum Gasteiger partial charge on any atom is -0.480 e. The molecule has 0 radical (unpaired) electrons. The van der Waals surface area contributed by atoms with Crippen LogP contribution in [0, 0.1) is 11.6 Å². The molecule has 1 fully saturated rings. The Bertz CT molecular complexity index is 1700. The van der Waals surface area contributed by atoms with E-state index in [0.717, 1.165) is 35.2 Å². The summed E-state index contributed by atoms with van der Waals surface area (Å²) in [4.78, 5) is 37.0. The van der Waals surface area contributed by atoms with Crippen molar-refractivity contribution in [2.75, 3.05) is 30.5 Å². The first-order valence-corrected chi connectivity index (χ1v) is 12.8. The van der Waals surface area contributed by atoms with Crippen LogP contribution in [0.5, 0.6) is 5.88 Å². The van der Waals surface area contributed by atoms with Gasteiger partial charge in [0.25, 0.3) is 0 Å². The van der Waals surface area contributed by atoms with Crippen LogP contribution in [0.3, 0.4) is 0 Å². The lowest BCUT2D eigenvalue weighted by atomic mass is 10.1.